The molecule has 4 rings (SSSR count). The zero-order valence-electron chi connectivity index (χ0n) is 17.3. The van der Waals surface area contributed by atoms with Crippen molar-refractivity contribution < 1.29 is 19.4 Å². The maximum atomic E-state index is 13.0. The van der Waals surface area contributed by atoms with E-state index in [4.69, 9.17) is 9.84 Å². The van der Waals surface area contributed by atoms with Crippen LogP contribution in [-0.2, 0) is 4.74 Å². The second kappa shape index (κ2) is 8.33. The zero-order chi connectivity index (χ0) is 21.3. The minimum absolute atomic E-state index is 0.0109. The molecular formula is C21H27N5O4. The summed E-state index contributed by atoms with van der Waals surface area (Å²) in [5.74, 6) is 0.741. The number of anilines is 1. The highest BCUT2D eigenvalue weighted by Gasteiger charge is 2.33. The molecule has 3 aliphatic rings. The highest BCUT2D eigenvalue weighted by Crippen LogP contribution is 2.32. The van der Waals surface area contributed by atoms with E-state index in [1.807, 2.05) is 4.90 Å². The molecule has 1 fully saturated rings. The number of nitrogens with zero attached hydrogens (tertiary/aromatic N) is 4. The van der Waals surface area contributed by atoms with Crippen molar-refractivity contribution >= 4 is 17.8 Å². The summed E-state index contributed by atoms with van der Waals surface area (Å²) in [6.07, 6.45) is 6.56. The molecule has 2 N–H and O–H groups in total. The average molecular weight is 413 g/mol. The summed E-state index contributed by atoms with van der Waals surface area (Å²) in [6.45, 7) is 4.21. The number of carboxylic acid groups (broad SMARTS) is 1. The lowest BCUT2D eigenvalue weighted by Crippen LogP contribution is -2.50. The van der Waals surface area contributed by atoms with E-state index in [0.717, 1.165) is 42.7 Å². The summed E-state index contributed by atoms with van der Waals surface area (Å²) in [4.78, 5) is 36.1. The Morgan fingerprint density at radius 3 is 2.73 bits per heavy atom. The standard InChI is InChI=1S/C21H27N5O4/c1-13-9-16(30-2)10-14-3-8-26(21(29)24-19(13)14)15-4-6-25(7-5-15)18-11-17(20(27)28)22-12-23-18/h10-13,15H,3-9H2,1-2H3,(H,24,29)(H,27,28). The van der Waals surface area contributed by atoms with Crippen LogP contribution in [0.1, 0.15) is 43.1 Å². The van der Waals surface area contributed by atoms with E-state index in [9.17, 15) is 9.59 Å². The quantitative estimate of drug-likeness (QED) is 0.780. The van der Waals surface area contributed by atoms with E-state index < -0.39 is 5.97 Å². The third kappa shape index (κ3) is 3.96. The lowest BCUT2D eigenvalue weighted by Gasteiger charge is -2.38. The molecule has 0 bridgehead atoms. The van der Waals surface area contributed by atoms with E-state index in [-0.39, 0.29) is 23.7 Å². The number of hydrogen-bond donors (Lipinski definition) is 2. The fraction of sp³-hybridized carbons (Fsp3) is 0.524. The number of ether oxygens (including phenoxy) is 1. The summed E-state index contributed by atoms with van der Waals surface area (Å²) >= 11 is 0. The molecular weight excluding hydrogens is 386 g/mol. The van der Waals surface area contributed by atoms with E-state index >= 15 is 0 Å². The molecule has 0 radical (unpaired) electrons. The van der Waals surface area contributed by atoms with Crippen molar-refractivity contribution in [1.29, 1.82) is 0 Å². The van der Waals surface area contributed by atoms with Crippen LogP contribution in [0, 0.1) is 5.92 Å². The number of hydrogen-bond acceptors (Lipinski definition) is 6. The first-order valence-corrected chi connectivity index (χ1v) is 10.3. The number of methoxy groups -OCH3 is 1. The number of carboxylic acids is 1. The zero-order valence-corrected chi connectivity index (χ0v) is 17.3. The third-order valence-electron chi connectivity index (χ3n) is 6.17. The Kier molecular flexibility index (Phi) is 5.61. The molecule has 1 aromatic rings. The number of carbonyl (C=O) groups is 2. The topological polar surface area (TPSA) is 108 Å². The number of amides is 2. The molecule has 2 aliphatic heterocycles. The van der Waals surface area contributed by atoms with Gasteiger partial charge in [-0.3, -0.25) is 0 Å². The van der Waals surface area contributed by atoms with Gasteiger partial charge < -0.3 is 25.0 Å². The van der Waals surface area contributed by atoms with E-state index in [2.05, 4.69) is 33.2 Å². The minimum atomic E-state index is -1.06. The second-order valence-corrected chi connectivity index (χ2v) is 8.02. The van der Waals surface area contributed by atoms with Crippen molar-refractivity contribution in [2.45, 2.75) is 38.6 Å². The second-order valence-electron chi connectivity index (χ2n) is 8.02. The summed E-state index contributed by atoms with van der Waals surface area (Å²) in [6, 6.07) is 1.61. The van der Waals surface area contributed by atoms with Gasteiger partial charge in [0.05, 0.1) is 12.9 Å². The Bertz CT molecular complexity index is 904. The Balaban J connectivity index is 1.41. The van der Waals surface area contributed by atoms with Crippen LogP contribution in [0.25, 0.3) is 0 Å². The normalized spacial score (nSPS) is 22.8. The molecule has 1 aliphatic carbocycles. The molecule has 1 atom stereocenters. The van der Waals surface area contributed by atoms with Crippen LogP contribution >= 0.6 is 0 Å². The smallest absolute Gasteiger partial charge is 0.354 e. The van der Waals surface area contributed by atoms with Crippen LogP contribution in [0.3, 0.4) is 0 Å². The summed E-state index contributed by atoms with van der Waals surface area (Å²) < 4.78 is 5.45. The Morgan fingerprint density at radius 1 is 1.27 bits per heavy atom. The number of nitrogens with one attached hydrogen (secondary N) is 1. The summed E-state index contributed by atoms with van der Waals surface area (Å²) in [5.41, 5.74) is 2.16. The Labute approximate surface area is 175 Å². The number of aromatic nitrogens is 2. The number of aromatic carboxylic acids is 1. The van der Waals surface area contributed by atoms with Crippen molar-refractivity contribution in [2.24, 2.45) is 5.92 Å². The van der Waals surface area contributed by atoms with Gasteiger partial charge in [0.25, 0.3) is 0 Å². The first-order valence-electron chi connectivity index (χ1n) is 10.3. The lowest BCUT2D eigenvalue weighted by atomic mass is 9.91. The first-order chi connectivity index (χ1) is 14.5. The van der Waals surface area contributed by atoms with E-state index in [1.54, 1.807) is 7.11 Å². The van der Waals surface area contributed by atoms with Crippen LogP contribution in [0.2, 0.25) is 0 Å². The van der Waals surface area contributed by atoms with Crippen LogP contribution in [0.4, 0.5) is 10.6 Å². The van der Waals surface area contributed by atoms with Gasteiger partial charge in [-0.25, -0.2) is 19.6 Å². The molecule has 0 aromatic carbocycles. The predicted octanol–water partition coefficient (Wildman–Crippen LogP) is 2.38. The molecule has 9 heteroatoms. The SMILES string of the molecule is COC1=CC2=C(NC(=O)N(C3CCN(c4cc(C(=O)O)ncn4)CC3)CC2)C(C)C1. The molecule has 2 amide bonds. The molecule has 30 heavy (non-hydrogen) atoms. The van der Waals surface area contributed by atoms with Crippen LogP contribution < -0.4 is 10.2 Å². The van der Waals surface area contributed by atoms with Gasteiger partial charge in [-0.2, -0.15) is 0 Å². The maximum absolute atomic E-state index is 13.0. The molecule has 1 saturated heterocycles. The third-order valence-corrected chi connectivity index (χ3v) is 6.17. The van der Waals surface area contributed by atoms with Crippen molar-refractivity contribution in [3.05, 3.63) is 41.2 Å². The predicted molar refractivity (Wildman–Crippen MR) is 110 cm³/mol. The van der Waals surface area contributed by atoms with Gasteiger partial charge in [-0.1, -0.05) is 6.92 Å². The highest BCUT2D eigenvalue weighted by atomic mass is 16.5. The number of carbonyl (C=O) groups excluding carboxylic acids is 1. The average Bonchev–Trinajstić information content (AvgIpc) is 2.92. The number of rotatable bonds is 4. The molecule has 160 valence electrons. The van der Waals surface area contributed by atoms with Crippen molar-refractivity contribution in [1.82, 2.24) is 20.2 Å². The maximum Gasteiger partial charge on any atom is 0.354 e. The van der Waals surface area contributed by atoms with Crippen LogP contribution in [-0.4, -0.2) is 64.8 Å². The number of piperidine rings is 1. The fourth-order valence-electron chi connectivity index (χ4n) is 4.53. The van der Waals surface area contributed by atoms with Gasteiger partial charge in [0, 0.05) is 49.8 Å². The van der Waals surface area contributed by atoms with Crippen molar-refractivity contribution in [3.63, 3.8) is 0 Å². The monoisotopic (exact) mass is 413 g/mol. The molecule has 9 nitrogen and oxygen atoms in total. The first kappa shape index (κ1) is 20.2. The molecule has 3 heterocycles. The Hall–Kier alpha value is -3.10. The Morgan fingerprint density at radius 2 is 2.03 bits per heavy atom. The highest BCUT2D eigenvalue weighted by molar-refractivity contribution is 5.86. The van der Waals surface area contributed by atoms with Crippen LogP contribution in [0.15, 0.2) is 35.5 Å². The number of urea groups is 1. The van der Waals surface area contributed by atoms with Gasteiger partial charge in [-0.15, -0.1) is 0 Å². The largest absolute Gasteiger partial charge is 0.501 e. The molecule has 1 unspecified atom stereocenters. The lowest BCUT2D eigenvalue weighted by molar-refractivity contribution is 0.0690. The van der Waals surface area contributed by atoms with Gasteiger partial charge in [0.1, 0.15) is 12.1 Å². The molecule has 1 aromatic heterocycles. The minimum Gasteiger partial charge on any atom is -0.501 e. The van der Waals surface area contributed by atoms with Gasteiger partial charge in [0.15, 0.2) is 5.69 Å². The van der Waals surface area contributed by atoms with Crippen molar-refractivity contribution in [3.8, 4) is 0 Å². The molecule has 0 saturated carbocycles. The van der Waals surface area contributed by atoms with Crippen molar-refractivity contribution in [2.75, 3.05) is 31.6 Å². The van der Waals surface area contributed by atoms with Gasteiger partial charge >= 0.3 is 12.0 Å². The number of allylic oxidation sites excluding steroid dienone is 3. The fourth-order valence-corrected chi connectivity index (χ4v) is 4.53. The summed E-state index contributed by atoms with van der Waals surface area (Å²) in [7, 11) is 1.69. The van der Waals surface area contributed by atoms with E-state index in [0.29, 0.717) is 25.5 Å². The van der Waals surface area contributed by atoms with Crippen LogP contribution in [0.5, 0.6) is 0 Å². The van der Waals surface area contributed by atoms with E-state index in [1.165, 1.54) is 12.4 Å². The summed E-state index contributed by atoms with van der Waals surface area (Å²) in [5, 5.41) is 12.3. The van der Waals surface area contributed by atoms with Gasteiger partial charge in [-0.05, 0) is 30.9 Å². The van der Waals surface area contributed by atoms with Gasteiger partial charge in [0.2, 0.25) is 0 Å². The molecule has 0 spiro atoms.